The Bertz CT molecular complexity index is 458. The van der Waals surface area contributed by atoms with E-state index in [2.05, 4.69) is 0 Å². The predicted molar refractivity (Wildman–Crippen MR) is 69.3 cm³/mol. The first-order valence-electron chi connectivity index (χ1n) is 6.25. The van der Waals surface area contributed by atoms with Crippen LogP contribution in [0.4, 0.5) is 4.39 Å². The molecular formula is C14H18FNO3. The number of rotatable bonds is 6. The maximum absolute atomic E-state index is 13.2. The molecule has 0 aliphatic heterocycles. The van der Waals surface area contributed by atoms with Crippen molar-refractivity contribution in [2.45, 2.75) is 26.2 Å². The largest absolute Gasteiger partial charge is 0.481 e. The molecule has 19 heavy (non-hydrogen) atoms. The Balaban J connectivity index is 3.07. The molecule has 0 aliphatic carbocycles. The molecular weight excluding hydrogens is 249 g/mol. The van der Waals surface area contributed by atoms with Gasteiger partial charge in [-0.15, -0.1) is 0 Å². The van der Waals surface area contributed by atoms with Crippen molar-refractivity contribution in [1.82, 2.24) is 4.90 Å². The van der Waals surface area contributed by atoms with Gasteiger partial charge in [-0.3, -0.25) is 9.59 Å². The molecule has 0 heterocycles. The Morgan fingerprint density at radius 1 is 1.32 bits per heavy atom. The normalized spacial score (nSPS) is 11.9. The first kappa shape index (κ1) is 15.1. The van der Waals surface area contributed by atoms with Crippen LogP contribution in [0, 0.1) is 5.82 Å². The summed E-state index contributed by atoms with van der Waals surface area (Å²) in [5.41, 5.74) is 0.402. The minimum atomic E-state index is -1.07. The third kappa shape index (κ3) is 4.05. The number of benzene rings is 1. The lowest BCUT2D eigenvalue weighted by atomic mass is 9.94. The van der Waals surface area contributed by atoms with E-state index in [1.807, 2.05) is 13.8 Å². The number of amides is 1. The van der Waals surface area contributed by atoms with E-state index in [-0.39, 0.29) is 12.3 Å². The molecule has 4 nitrogen and oxygen atoms in total. The highest BCUT2D eigenvalue weighted by molar-refractivity contribution is 5.87. The molecule has 0 spiro atoms. The summed E-state index contributed by atoms with van der Waals surface area (Å²) in [4.78, 5) is 24.8. The van der Waals surface area contributed by atoms with Gasteiger partial charge in [-0.25, -0.2) is 4.39 Å². The number of carboxylic acid groups (broad SMARTS) is 1. The summed E-state index contributed by atoms with van der Waals surface area (Å²) in [5.74, 6) is -2.67. The number of halogens is 1. The molecule has 1 unspecified atom stereocenters. The maximum atomic E-state index is 13.2. The van der Waals surface area contributed by atoms with E-state index in [1.165, 1.54) is 18.2 Å². The van der Waals surface area contributed by atoms with Gasteiger partial charge in [-0.1, -0.05) is 12.1 Å². The fraction of sp³-hybridized carbons (Fsp3) is 0.429. The molecule has 1 aromatic rings. The van der Waals surface area contributed by atoms with Crippen LogP contribution in [0.15, 0.2) is 24.3 Å². The number of aliphatic carboxylic acids is 1. The maximum Gasteiger partial charge on any atom is 0.304 e. The van der Waals surface area contributed by atoms with Gasteiger partial charge in [0.2, 0.25) is 5.91 Å². The van der Waals surface area contributed by atoms with Crippen molar-refractivity contribution >= 4 is 11.9 Å². The molecule has 1 aromatic carbocycles. The van der Waals surface area contributed by atoms with Gasteiger partial charge in [0.1, 0.15) is 5.82 Å². The Kier molecular flexibility index (Phi) is 5.48. The van der Waals surface area contributed by atoms with Crippen LogP contribution in [-0.4, -0.2) is 35.0 Å². The summed E-state index contributed by atoms with van der Waals surface area (Å²) in [6, 6.07) is 5.55. The molecule has 104 valence electrons. The second kappa shape index (κ2) is 6.87. The van der Waals surface area contributed by atoms with Crippen molar-refractivity contribution < 1.29 is 19.1 Å². The van der Waals surface area contributed by atoms with E-state index in [1.54, 1.807) is 11.0 Å². The molecule has 0 saturated heterocycles. The summed E-state index contributed by atoms with van der Waals surface area (Å²) < 4.78 is 13.2. The van der Waals surface area contributed by atoms with Crippen molar-refractivity contribution in [1.29, 1.82) is 0 Å². The van der Waals surface area contributed by atoms with Crippen molar-refractivity contribution in [3.63, 3.8) is 0 Å². The topological polar surface area (TPSA) is 57.6 Å². The van der Waals surface area contributed by atoms with Gasteiger partial charge in [0.25, 0.3) is 0 Å². The second-order valence-electron chi connectivity index (χ2n) is 4.22. The zero-order chi connectivity index (χ0) is 14.4. The Morgan fingerprint density at radius 2 is 1.95 bits per heavy atom. The van der Waals surface area contributed by atoms with Crippen LogP contribution in [0.25, 0.3) is 0 Å². The van der Waals surface area contributed by atoms with Gasteiger partial charge in [-0.2, -0.15) is 0 Å². The van der Waals surface area contributed by atoms with E-state index >= 15 is 0 Å². The number of nitrogens with zero attached hydrogens (tertiary/aromatic N) is 1. The molecule has 5 heteroatoms. The van der Waals surface area contributed by atoms with Crippen LogP contribution >= 0.6 is 0 Å². The van der Waals surface area contributed by atoms with Crippen LogP contribution in [0.5, 0.6) is 0 Å². The van der Waals surface area contributed by atoms with E-state index in [9.17, 15) is 14.0 Å². The van der Waals surface area contributed by atoms with Gasteiger partial charge in [0.05, 0.1) is 12.3 Å². The summed E-state index contributed by atoms with van der Waals surface area (Å²) in [6.45, 7) is 4.65. The summed E-state index contributed by atoms with van der Waals surface area (Å²) in [6.07, 6.45) is -0.335. The fourth-order valence-electron chi connectivity index (χ4n) is 2.00. The number of hydrogen-bond acceptors (Lipinski definition) is 2. The average molecular weight is 267 g/mol. The molecule has 0 saturated carbocycles. The molecule has 0 aromatic heterocycles. The van der Waals surface area contributed by atoms with Crippen molar-refractivity contribution in [2.24, 2.45) is 0 Å². The minimum Gasteiger partial charge on any atom is -0.481 e. The minimum absolute atomic E-state index is 0.280. The quantitative estimate of drug-likeness (QED) is 0.860. The van der Waals surface area contributed by atoms with Gasteiger partial charge >= 0.3 is 5.97 Å². The number of hydrogen-bond donors (Lipinski definition) is 1. The number of carboxylic acids is 1. The van der Waals surface area contributed by atoms with Gasteiger partial charge in [0, 0.05) is 13.1 Å². The first-order chi connectivity index (χ1) is 8.99. The second-order valence-corrected chi connectivity index (χ2v) is 4.22. The molecule has 0 radical (unpaired) electrons. The molecule has 1 amide bonds. The van der Waals surface area contributed by atoms with Gasteiger partial charge < -0.3 is 10.0 Å². The van der Waals surface area contributed by atoms with Crippen LogP contribution in [0.3, 0.4) is 0 Å². The first-order valence-corrected chi connectivity index (χ1v) is 6.25. The highest BCUT2D eigenvalue weighted by Gasteiger charge is 2.27. The molecule has 1 atom stereocenters. The highest BCUT2D eigenvalue weighted by atomic mass is 19.1. The van der Waals surface area contributed by atoms with Crippen molar-refractivity contribution in [3.05, 3.63) is 35.6 Å². The Labute approximate surface area is 111 Å². The number of likely N-dealkylation sites (N-methyl/N-ethyl adjacent to an activating group) is 1. The van der Waals surface area contributed by atoms with Crippen LogP contribution < -0.4 is 0 Å². The van der Waals surface area contributed by atoms with Gasteiger partial charge in [0.15, 0.2) is 0 Å². The van der Waals surface area contributed by atoms with Crippen LogP contribution in [0.1, 0.15) is 31.7 Å². The molecule has 0 bridgehead atoms. The van der Waals surface area contributed by atoms with Crippen LogP contribution in [-0.2, 0) is 9.59 Å². The van der Waals surface area contributed by atoms with E-state index in [0.29, 0.717) is 18.7 Å². The van der Waals surface area contributed by atoms with E-state index in [0.717, 1.165) is 0 Å². The van der Waals surface area contributed by atoms with E-state index in [4.69, 9.17) is 5.11 Å². The smallest absolute Gasteiger partial charge is 0.304 e. The number of carbonyl (C=O) groups is 2. The monoisotopic (exact) mass is 267 g/mol. The Hall–Kier alpha value is -1.91. The summed E-state index contributed by atoms with van der Waals surface area (Å²) in [5, 5.41) is 8.93. The standard InChI is InChI=1S/C14H18FNO3/c1-3-16(4-2)14(19)12(9-13(17)18)10-6-5-7-11(15)8-10/h5-8,12H,3-4,9H2,1-2H3,(H,17,18). The third-order valence-electron chi connectivity index (χ3n) is 3.00. The predicted octanol–water partition coefficient (Wildman–Crippen LogP) is 2.25. The van der Waals surface area contributed by atoms with Crippen LogP contribution in [0.2, 0.25) is 0 Å². The summed E-state index contributed by atoms with van der Waals surface area (Å²) in [7, 11) is 0. The fourth-order valence-corrected chi connectivity index (χ4v) is 2.00. The lowest BCUT2D eigenvalue weighted by Crippen LogP contribution is -2.35. The lowest BCUT2D eigenvalue weighted by Gasteiger charge is -2.24. The third-order valence-corrected chi connectivity index (χ3v) is 3.00. The molecule has 0 fully saturated rings. The Morgan fingerprint density at radius 3 is 2.42 bits per heavy atom. The van der Waals surface area contributed by atoms with Gasteiger partial charge in [-0.05, 0) is 31.5 Å². The SMILES string of the molecule is CCN(CC)C(=O)C(CC(=O)O)c1cccc(F)c1. The molecule has 1 N–H and O–H groups in total. The van der Waals surface area contributed by atoms with Crippen molar-refractivity contribution in [3.8, 4) is 0 Å². The number of carbonyl (C=O) groups excluding carboxylic acids is 1. The average Bonchev–Trinajstić information content (AvgIpc) is 2.37. The highest BCUT2D eigenvalue weighted by Crippen LogP contribution is 2.23. The zero-order valence-electron chi connectivity index (χ0n) is 11.1. The molecule has 0 aliphatic rings. The lowest BCUT2D eigenvalue weighted by molar-refractivity contribution is -0.142. The zero-order valence-corrected chi connectivity index (χ0v) is 11.1. The van der Waals surface area contributed by atoms with Crippen molar-refractivity contribution in [2.75, 3.05) is 13.1 Å². The summed E-state index contributed by atoms with van der Waals surface area (Å²) >= 11 is 0. The van der Waals surface area contributed by atoms with E-state index < -0.39 is 17.7 Å². The molecule has 1 rings (SSSR count).